The quantitative estimate of drug-likeness (QED) is 0.744. The molecule has 1 heteroatoms. The second kappa shape index (κ2) is 5.34. The zero-order valence-corrected chi connectivity index (χ0v) is 10.5. The number of piperidine rings is 1. The zero-order valence-electron chi connectivity index (χ0n) is 10.5. The molecule has 1 nitrogen and oxygen atoms in total. The van der Waals surface area contributed by atoms with Crippen LogP contribution in [-0.4, -0.2) is 12.1 Å². The van der Waals surface area contributed by atoms with Crippen molar-refractivity contribution in [1.82, 2.24) is 5.32 Å². The SMILES string of the molecule is CCCC(C)CC1CCC2CCCC2N1. The summed E-state index contributed by atoms with van der Waals surface area (Å²) in [4.78, 5) is 0. The second-order valence-corrected chi connectivity index (χ2v) is 5.87. The van der Waals surface area contributed by atoms with Crippen LogP contribution in [0.1, 0.15) is 65.2 Å². The van der Waals surface area contributed by atoms with E-state index in [4.69, 9.17) is 0 Å². The van der Waals surface area contributed by atoms with Crippen LogP contribution in [0.4, 0.5) is 0 Å². The number of fused-ring (bicyclic) bond motifs is 1. The van der Waals surface area contributed by atoms with E-state index in [1.807, 2.05) is 0 Å². The van der Waals surface area contributed by atoms with Crippen molar-refractivity contribution in [2.75, 3.05) is 0 Å². The van der Waals surface area contributed by atoms with Gasteiger partial charge in [0.1, 0.15) is 0 Å². The lowest BCUT2D eigenvalue weighted by molar-refractivity contribution is 0.231. The smallest absolute Gasteiger partial charge is 0.00979 e. The highest BCUT2D eigenvalue weighted by atomic mass is 15.0. The van der Waals surface area contributed by atoms with Gasteiger partial charge in [0, 0.05) is 12.1 Å². The maximum atomic E-state index is 3.90. The Morgan fingerprint density at radius 2 is 2.07 bits per heavy atom. The van der Waals surface area contributed by atoms with Crippen molar-refractivity contribution >= 4 is 0 Å². The lowest BCUT2D eigenvalue weighted by Crippen LogP contribution is -2.45. The summed E-state index contributed by atoms with van der Waals surface area (Å²) in [5.74, 6) is 1.95. The first-order chi connectivity index (χ1) is 7.29. The van der Waals surface area contributed by atoms with Gasteiger partial charge in [-0.05, 0) is 43.9 Å². The fourth-order valence-corrected chi connectivity index (χ4v) is 3.69. The summed E-state index contributed by atoms with van der Waals surface area (Å²) in [6.45, 7) is 4.73. The van der Waals surface area contributed by atoms with E-state index in [-0.39, 0.29) is 0 Å². The van der Waals surface area contributed by atoms with Gasteiger partial charge in [-0.25, -0.2) is 0 Å². The summed E-state index contributed by atoms with van der Waals surface area (Å²) >= 11 is 0. The highest BCUT2D eigenvalue weighted by Gasteiger charge is 2.33. The Morgan fingerprint density at radius 1 is 1.20 bits per heavy atom. The molecule has 88 valence electrons. The maximum absolute atomic E-state index is 3.90. The van der Waals surface area contributed by atoms with Crippen molar-refractivity contribution in [1.29, 1.82) is 0 Å². The number of rotatable bonds is 4. The first-order valence-corrected chi connectivity index (χ1v) is 7.05. The molecule has 4 unspecified atom stereocenters. The molecule has 1 N–H and O–H groups in total. The molecule has 15 heavy (non-hydrogen) atoms. The lowest BCUT2D eigenvalue weighted by Gasteiger charge is -2.34. The summed E-state index contributed by atoms with van der Waals surface area (Å²) in [5.41, 5.74) is 0. The predicted molar refractivity (Wildman–Crippen MR) is 66.0 cm³/mol. The molecule has 0 aromatic heterocycles. The van der Waals surface area contributed by atoms with E-state index in [1.165, 1.54) is 51.4 Å². The van der Waals surface area contributed by atoms with Crippen molar-refractivity contribution in [3.63, 3.8) is 0 Å². The minimum Gasteiger partial charge on any atom is -0.311 e. The molecule has 2 fully saturated rings. The molecule has 4 atom stereocenters. The van der Waals surface area contributed by atoms with E-state index in [0.717, 1.165) is 23.9 Å². The van der Waals surface area contributed by atoms with Gasteiger partial charge in [0.2, 0.25) is 0 Å². The molecule has 2 rings (SSSR count). The Hall–Kier alpha value is -0.0400. The fraction of sp³-hybridized carbons (Fsp3) is 1.00. The highest BCUT2D eigenvalue weighted by Crippen LogP contribution is 2.34. The summed E-state index contributed by atoms with van der Waals surface area (Å²) in [6, 6.07) is 1.73. The molecule has 1 saturated heterocycles. The zero-order chi connectivity index (χ0) is 10.7. The average molecular weight is 209 g/mol. The summed E-state index contributed by atoms with van der Waals surface area (Å²) < 4.78 is 0. The summed E-state index contributed by atoms with van der Waals surface area (Å²) in [6.07, 6.45) is 11.5. The third-order valence-corrected chi connectivity index (χ3v) is 4.46. The van der Waals surface area contributed by atoms with Crippen molar-refractivity contribution < 1.29 is 0 Å². The Kier molecular flexibility index (Phi) is 4.07. The average Bonchev–Trinajstić information content (AvgIpc) is 2.65. The van der Waals surface area contributed by atoms with Crippen LogP contribution in [0.3, 0.4) is 0 Å². The summed E-state index contributed by atoms with van der Waals surface area (Å²) in [5, 5.41) is 3.90. The van der Waals surface area contributed by atoms with Crippen LogP contribution in [0.5, 0.6) is 0 Å². The van der Waals surface area contributed by atoms with Crippen LogP contribution in [0.2, 0.25) is 0 Å². The molecule has 1 heterocycles. The predicted octanol–water partition coefficient (Wildman–Crippen LogP) is 3.73. The molecule has 1 aliphatic heterocycles. The van der Waals surface area contributed by atoms with Crippen molar-refractivity contribution in [3.8, 4) is 0 Å². The Labute approximate surface area is 95.0 Å². The van der Waals surface area contributed by atoms with E-state index < -0.39 is 0 Å². The van der Waals surface area contributed by atoms with Gasteiger partial charge in [0.05, 0.1) is 0 Å². The molecule has 0 amide bonds. The van der Waals surface area contributed by atoms with E-state index in [9.17, 15) is 0 Å². The number of nitrogens with one attached hydrogen (secondary N) is 1. The van der Waals surface area contributed by atoms with E-state index in [1.54, 1.807) is 0 Å². The van der Waals surface area contributed by atoms with Gasteiger partial charge < -0.3 is 5.32 Å². The van der Waals surface area contributed by atoms with Gasteiger partial charge in [0.15, 0.2) is 0 Å². The molecule has 1 saturated carbocycles. The maximum Gasteiger partial charge on any atom is 0.00979 e. The molecular weight excluding hydrogens is 182 g/mol. The van der Waals surface area contributed by atoms with Gasteiger partial charge in [-0.3, -0.25) is 0 Å². The molecule has 0 spiro atoms. The van der Waals surface area contributed by atoms with Gasteiger partial charge in [0.25, 0.3) is 0 Å². The Morgan fingerprint density at radius 3 is 2.87 bits per heavy atom. The van der Waals surface area contributed by atoms with Crippen LogP contribution >= 0.6 is 0 Å². The Balaban J connectivity index is 1.75. The minimum absolute atomic E-state index is 0.839. The number of hydrogen-bond donors (Lipinski definition) is 1. The monoisotopic (exact) mass is 209 g/mol. The van der Waals surface area contributed by atoms with Crippen LogP contribution in [0, 0.1) is 11.8 Å². The lowest BCUT2D eigenvalue weighted by atomic mass is 9.85. The summed E-state index contributed by atoms with van der Waals surface area (Å²) in [7, 11) is 0. The molecule has 1 aliphatic carbocycles. The van der Waals surface area contributed by atoms with Gasteiger partial charge >= 0.3 is 0 Å². The molecule has 0 aromatic rings. The van der Waals surface area contributed by atoms with E-state index in [0.29, 0.717) is 0 Å². The van der Waals surface area contributed by atoms with Gasteiger partial charge in [-0.2, -0.15) is 0 Å². The third-order valence-electron chi connectivity index (χ3n) is 4.46. The number of hydrogen-bond acceptors (Lipinski definition) is 1. The Bertz CT molecular complexity index is 190. The van der Waals surface area contributed by atoms with Crippen LogP contribution in [0.15, 0.2) is 0 Å². The van der Waals surface area contributed by atoms with Crippen LogP contribution < -0.4 is 5.32 Å². The molecule has 0 radical (unpaired) electrons. The molecule has 0 bridgehead atoms. The van der Waals surface area contributed by atoms with Crippen molar-refractivity contribution in [2.24, 2.45) is 11.8 Å². The topological polar surface area (TPSA) is 12.0 Å². The van der Waals surface area contributed by atoms with Crippen molar-refractivity contribution in [3.05, 3.63) is 0 Å². The highest BCUT2D eigenvalue weighted by molar-refractivity contribution is 4.91. The van der Waals surface area contributed by atoms with E-state index in [2.05, 4.69) is 19.2 Å². The second-order valence-electron chi connectivity index (χ2n) is 5.87. The fourth-order valence-electron chi connectivity index (χ4n) is 3.69. The largest absolute Gasteiger partial charge is 0.311 e. The van der Waals surface area contributed by atoms with Crippen LogP contribution in [0.25, 0.3) is 0 Å². The third kappa shape index (κ3) is 2.96. The normalized spacial score (nSPS) is 37.6. The first kappa shape index (κ1) is 11.4. The first-order valence-electron chi connectivity index (χ1n) is 7.05. The van der Waals surface area contributed by atoms with Crippen molar-refractivity contribution in [2.45, 2.75) is 77.3 Å². The van der Waals surface area contributed by atoms with Gasteiger partial charge in [-0.1, -0.05) is 33.1 Å². The van der Waals surface area contributed by atoms with Gasteiger partial charge in [-0.15, -0.1) is 0 Å². The molecule has 0 aromatic carbocycles. The van der Waals surface area contributed by atoms with Crippen LogP contribution in [-0.2, 0) is 0 Å². The molecular formula is C14H27N. The standard InChI is InChI=1S/C14H27N/c1-3-5-11(2)10-13-9-8-12-6-4-7-14(12)15-13/h11-15H,3-10H2,1-2H3. The minimum atomic E-state index is 0.839. The molecule has 2 aliphatic rings. The van der Waals surface area contributed by atoms with E-state index >= 15 is 0 Å².